The van der Waals surface area contributed by atoms with E-state index in [1.165, 1.54) is 18.2 Å². The fraction of sp³-hybridized carbons (Fsp3) is 0.333. The lowest BCUT2D eigenvalue weighted by atomic mass is 10.2. The van der Waals surface area contributed by atoms with E-state index in [9.17, 15) is 8.78 Å². The predicted octanol–water partition coefficient (Wildman–Crippen LogP) is 3.31. The molecule has 1 heterocycles. The van der Waals surface area contributed by atoms with Crippen molar-refractivity contribution >= 4 is 0 Å². The largest absolute Gasteiger partial charge is 0.346 e. The molecule has 1 N–H and O–H groups in total. The molecule has 0 spiro atoms. The zero-order valence-corrected chi connectivity index (χ0v) is 11.2. The minimum atomic E-state index is -0.503. The van der Waals surface area contributed by atoms with Crippen molar-refractivity contribution in [3.05, 3.63) is 59.4 Å². The molecule has 0 amide bonds. The van der Waals surface area contributed by atoms with Crippen LogP contribution in [0.25, 0.3) is 0 Å². The van der Waals surface area contributed by atoms with E-state index in [0.29, 0.717) is 12.6 Å². The van der Waals surface area contributed by atoms with Crippen molar-refractivity contribution in [3.63, 3.8) is 0 Å². The van der Waals surface area contributed by atoms with Gasteiger partial charge in [0.1, 0.15) is 11.6 Å². The Bertz CT molecular complexity index is 527. The topological polar surface area (TPSA) is 17.0 Å². The van der Waals surface area contributed by atoms with Gasteiger partial charge >= 0.3 is 0 Å². The van der Waals surface area contributed by atoms with Gasteiger partial charge in [-0.25, -0.2) is 8.78 Å². The summed E-state index contributed by atoms with van der Waals surface area (Å²) in [4.78, 5) is 0. The van der Waals surface area contributed by atoms with Crippen molar-refractivity contribution < 1.29 is 8.78 Å². The Morgan fingerprint density at radius 1 is 1.11 bits per heavy atom. The molecule has 0 aliphatic rings. The van der Waals surface area contributed by atoms with Gasteiger partial charge in [0.15, 0.2) is 0 Å². The van der Waals surface area contributed by atoms with Gasteiger partial charge in [-0.05, 0) is 24.3 Å². The molecular formula is C15H18F2N2. The summed E-state index contributed by atoms with van der Waals surface area (Å²) in [7, 11) is 0. The summed E-state index contributed by atoms with van der Waals surface area (Å²) >= 11 is 0. The van der Waals surface area contributed by atoms with E-state index in [-0.39, 0.29) is 12.1 Å². The average molecular weight is 264 g/mol. The molecule has 2 aromatic rings. The quantitative estimate of drug-likeness (QED) is 0.876. The van der Waals surface area contributed by atoms with Crippen LogP contribution in [0.5, 0.6) is 0 Å². The first-order valence-electron chi connectivity index (χ1n) is 6.38. The van der Waals surface area contributed by atoms with Gasteiger partial charge in [-0.2, -0.15) is 0 Å². The molecule has 0 saturated heterocycles. The number of benzene rings is 1. The molecule has 2 rings (SSSR count). The van der Waals surface area contributed by atoms with E-state index < -0.39 is 11.6 Å². The molecule has 0 aliphatic heterocycles. The molecule has 0 atom stereocenters. The van der Waals surface area contributed by atoms with Crippen LogP contribution in [-0.4, -0.2) is 10.6 Å². The molecule has 4 heteroatoms. The molecule has 1 aromatic heterocycles. The smallest absolute Gasteiger partial charge is 0.131 e. The molecule has 0 aliphatic carbocycles. The highest BCUT2D eigenvalue weighted by Gasteiger charge is 2.10. The van der Waals surface area contributed by atoms with Gasteiger partial charge in [0.05, 0.1) is 6.54 Å². The number of rotatable bonds is 5. The highest BCUT2D eigenvalue weighted by atomic mass is 19.1. The van der Waals surface area contributed by atoms with Crippen LogP contribution in [0.4, 0.5) is 8.78 Å². The van der Waals surface area contributed by atoms with Crippen molar-refractivity contribution in [2.75, 3.05) is 0 Å². The first-order valence-corrected chi connectivity index (χ1v) is 6.38. The van der Waals surface area contributed by atoms with Crippen LogP contribution in [0.15, 0.2) is 36.5 Å². The normalized spacial score (nSPS) is 11.2. The number of halogens is 2. The lowest BCUT2D eigenvalue weighted by Gasteiger charge is -2.13. The van der Waals surface area contributed by atoms with Gasteiger partial charge in [-0.3, -0.25) is 0 Å². The lowest BCUT2D eigenvalue weighted by molar-refractivity contribution is 0.530. The maximum absolute atomic E-state index is 13.6. The summed E-state index contributed by atoms with van der Waals surface area (Å²) in [6.07, 6.45) is 1.84. The Morgan fingerprint density at radius 3 is 2.42 bits per heavy atom. The van der Waals surface area contributed by atoms with Crippen LogP contribution in [0.1, 0.15) is 25.1 Å². The molecule has 0 bridgehead atoms. The van der Waals surface area contributed by atoms with Gasteiger partial charge < -0.3 is 9.88 Å². The summed E-state index contributed by atoms with van der Waals surface area (Å²) in [6, 6.07) is 8.16. The molecule has 102 valence electrons. The second kappa shape index (κ2) is 5.97. The Kier molecular flexibility index (Phi) is 4.32. The standard InChI is InChI=1S/C15H18F2N2/c1-11(2)18-9-12-5-4-8-19(12)10-13-14(16)6-3-7-15(13)17/h3-8,11,18H,9-10H2,1-2H3. The molecule has 1 aromatic carbocycles. The van der Waals surface area contributed by atoms with Crippen LogP contribution in [0, 0.1) is 11.6 Å². The summed E-state index contributed by atoms with van der Waals surface area (Å²) in [5, 5.41) is 3.29. The van der Waals surface area contributed by atoms with Crippen molar-refractivity contribution in [2.24, 2.45) is 0 Å². The minimum absolute atomic E-state index is 0.101. The van der Waals surface area contributed by atoms with Crippen molar-refractivity contribution in [3.8, 4) is 0 Å². The Balaban J connectivity index is 2.17. The second-order valence-electron chi connectivity index (χ2n) is 4.86. The number of aromatic nitrogens is 1. The third kappa shape index (κ3) is 3.41. The van der Waals surface area contributed by atoms with Gasteiger partial charge in [0, 0.05) is 30.0 Å². The minimum Gasteiger partial charge on any atom is -0.346 e. The Morgan fingerprint density at radius 2 is 1.79 bits per heavy atom. The second-order valence-corrected chi connectivity index (χ2v) is 4.86. The molecule has 0 saturated carbocycles. The summed E-state index contributed by atoms with van der Waals surface area (Å²) in [5.41, 5.74) is 1.11. The maximum atomic E-state index is 13.6. The monoisotopic (exact) mass is 264 g/mol. The summed E-state index contributed by atoms with van der Waals surface area (Å²) in [6.45, 7) is 5.01. The van der Waals surface area contributed by atoms with Crippen LogP contribution >= 0.6 is 0 Å². The third-order valence-corrected chi connectivity index (χ3v) is 3.01. The number of nitrogens with one attached hydrogen (secondary N) is 1. The zero-order chi connectivity index (χ0) is 13.8. The van der Waals surface area contributed by atoms with Crippen molar-refractivity contribution in [1.29, 1.82) is 0 Å². The third-order valence-electron chi connectivity index (χ3n) is 3.01. The van der Waals surface area contributed by atoms with Gasteiger partial charge in [-0.1, -0.05) is 19.9 Å². The maximum Gasteiger partial charge on any atom is 0.131 e. The average Bonchev–Trinajstić information content (AvgIpc) is 2.79. The van der Waals surface area contributed by atoms with Gasteiger partial charge in [-0.15, -0.1) is 0 Å². The van der Waals surface area contributed by atoms with E-state index in [1.807, 2.05) is 22.9 Å². The van der Waals surface area contributed by atoms with Crippen LogP contribution in [0.3, 0.4) is 0 Å². The van der Waals surface area contributed by atoms with Crippen LogP contribution < -0.4 is 5.32 Å². The summed E-state index contributed by atoms with van der Waals surface area (Å²) < 4.78 is 29.1. The van der Waals surface area contributed by atoms with Crippen molar-refractivity contribution in [1.82, 2.24) is 9.88 Å². The zero-order valence-electron chi connectivity index (χ0n) is 11.2. The van der Waals surface area contributed by atoms with E-state index >= 15 is 0 Å². The SMILES string of the molecule is CC(C)NCc1cccn1Cc1c(F)cccc1F. The van der Waals surface area contributed by atoms with E-state index in [0.717, 1.165) is 5.69 Å². The van der Waals surface area contributed by atoms with Crippen LogP contribution in [-0.2, 0) is 13.1 Å². The lowest BCUT2D eigenvalue weighted by Crippen LogP contribution is -2.23. The Hall–Kier alpha value is -1.68. The molecule has 0 fully saturated rings. The molecular weight excluding hydrogens is 246 g/mol. The first kappa shape index (κ1) is 13.7. The highest BCUT2D eigenvalue weighted by molar-refractivity contribution is 5.21. The van der Waals surface area contributed by atoms with E-state index in [1.54, 1.807) is 0 Å². The van der Waals surface area contributed by atoms with Gasteiger partial charge in [0.2, 0.25) is 0 Å². The fourth-order valence-electron chi connectivity index (χ4n) is 1.93. The van der Waals surface area contributed by atoms with Crippen LogP contribution in [0.2, 0.25) is 0 Å². The predicted molar refractivity (Wildman–Crippen MR) is 71.9 cm³/mol. The molecule has 19 heavy (non-hydrogen) atoms. The highest BCUT2D eigenvalue weighted by Crippen LogP contribution is 2.15. The number of hydrogen-bond acceptors (Lipinski definition) is 1. The fourth-order valence-corrected chi connectivity index (χ4v) is 1.93. The number of nitrogens with zero attached hydrogens (tertiary/aromatic N) is 1. The molecule has 0 radical (unpaired) electrons. The van der Waals surface area contributed by atoms with E-state index in [2.05, 4.69) is 19.2 Å². The van der Waals surface area contributed by atoms with E-state index in [4.69, 9.17) is 0 Å². The summed E-state index contributed by atoms with van der Waals surface area (Å²) in [5.74, 6) is -1.01. The number of hydrogen-bond donors (Lipinski definition) is 1. The molecule has 2 nitrogen and oxygen atoms in total. The van der Waals surface area contributed by atoms with Gasteiger partial charge in [0.25, 0.3) is 0 Å². The first-order chi connectivity index (χ1) is 9.08. The van der Waals surface area contributed by atoms with Crippen molar-refractivity contribution in [2.45, 2.75) is 33.0 Å². The Labute approximate surface area is 112 Å². The molecule has 0 unspecified atom stereocenters.